The molecule has 5 heteroatoms. The van der Waals surface area contributed by atoms with Gasteiger partial charge >= 0.3 is 0 Å². The lowest BCUT2D eigenvalue weighted by Gasteiger charge is -2.14. The van der Waals surface area contributed by atoms with E-state index in [1.165, 1.54) is 17.2 Å². The average molecular weight is 408 g/mol. The molecule has 3 aromatic carbocycles. The second kappa shape index (κ2) is 7.22. The maximum atomic E-state index is 13.8. The molecule has 31 heavy (non-hydrogen) atoms. The van der Waals surface area contributed by atoms with E-state index in [2.05, 4.69) is 50.8 Å². The third-order valence-electron chi connectivity index (χ3n) is 6.05. The van der Waals surface area contributed by atoms with E-state index in [1.54, 1.807) is 12.1 Å². The van der Waals surface area contributed by atoms with Gasteiger partial charge < -0.3 is 10.3 Å². The summed E-state index contributed by atoms with van der Waals surface area (Å²) in [5, 5.41) is 13.3. The number of aromatic amines is 2. The van der Waals surface area contributed by atoms with E-state index in [0.29, 0.717) is 0 Å². The van der Waals surface area contributed by atoms with Crippen molar-refractivity contribution in [1.82, 2.24) is 20.5 Å². The highest BCUT2D eigenvalue weighted by molar-refractivity contribution is 6.01. The number of nitrogens with one attached hydrogen (secondary N) is 3. The molecular formula is C26H21FN4. The van der Waals surface area contributed by atoms with Gasteiger partial charge in [-0.25, -0.2) is 4.39 Å². The van der Waals surface area contributed by atoms with Crippen LogP contribution in [0.25, 0.3) is 49.9 Å². The number of rotatable bonds is 3. The molecule has 0 radical (unpaired) electrons. The molecule has 0 spiro atoms. The van der Waals surface area contributed by atoms with Gasteiger partial charge in [-0.3, -0.25) is 5.10 Å². The Labute approximate surface area is 178 Å². The maximum Gasteiger partial charge on any atom is 0.123 e. The lowest BCUT2D eigenvalue weighted by molar-refractivity contribution is 0.628. The number of fused-ring (bicyclic) bond motifs is 2. The Kier molecular flexibility index (Phi) is 4.21. The van der Waals surface area contributed by atoms with Gasteiger partial charge in [-0.05, 0) is 71.6 Å². The minimum atomic E-state index is -0.233. The van der Waals surface area contributed by atoms with Crippen LogP contribution in [0, 0.1) is 5.82 Å². The second-order valence-electron chi connectivity index (χ2n) is 7.98. The Balaban J connectivity index is 1.49. The van der Waals surface area contributed by atoms with Gasteiger partial charge in [0.2, 0.25) is 0 Å². The zero-order valence-electron chi connectivity index (χ0n) is 16.9. The Morgan fingerprint density at radius 2 is 1.77 bits per heavy atom. The molecule has 3 N–H and O–H groups in total. The quantitative estimate of drug-likeness (QED) is 0.348. The number of benzene rings is 3. The molecule has 4 nitrogen and oxygen atoms in total. The van der Waals surface area contributed by atoms with Crippen LogP contribution in [0.4, 0.5) is 4.39 Å². The highest BCUT2D eigenvalue weighted by Gasteiger charge is 2.15. The third-order valence-corrected chi connectivity index (χ3v) is 6.05. The molecule has 0 amide bonds. The van der Waals surface area contributed by atoms with Gasteiger partial charge in [0.05, 0.1) is 11.2 Å². The van der Waals surface area contributed by atoms with Crippen LogP contribution in [0.3, 0.4) is 0 Å². The van der Waals surface area contributed by atoms with Gasteiger partial charge in [0.15, 0.2) is 0 Å². The lowest BCUT2D eigenvalue weighted by atomic mass is 9.98. The lowest BCUT2D eigenvalue weighted by Crippen LogP contribution is -2.19. The van der Waals surface area contributed by atoms with Crippen molar-refractivity contribution in [2.45, 2.75) is 6.42 Å². The first kappa shape index (κ1) is 18.1. The Morgan fingerprint density at radius 1 is 0.839 bits per heavy atom. The number of halogens is 1. The summed E-state index contributed by atoms with van der Waals surface area (Å²) in [5.41, 5.74) is 8.34. The van der Waals surface area contributed by atoms with E-state index < -0.39 is 0 Å². The zero-order chi connectivity index (χ0) is 20.8. The zero-order valence-corrected chi connectivity index (χ0v) is 16.9. The summed E-state index contributed by atoms with van der Waals surface area (Å²) < 4.78 is 13.8. The summed E-state index contributed by atoms with van der Waals surface area (Å²) in [6, 6.07) is 21.4. The molecule has 0 fully saturated rings. The molecule has 0 bridgehead atoms. The largest absolute Gasteiger partial charge is 0.353 e. The van der Waals surface area contributed by atoms with Gasteiger partial charge in [-0.2, -0.15) is 5.10 Å². The molecule has 2 aromatic heterocycles. The predicted molar refractivity (Wildman–Crippen MR) is 124 cm³/mol. The molecule has 0 unspecified atom stereocenters. The van der Waals surface area contributed by atoms with E-state index in [1.807, 2.05) is 24.3 Å². The number of hydrogen-bond donors (Lipinski definition) is 3. The molecule has 0 aliphatic carbocycles. The highest BCUT2D eigenvalue weighted by Crippen LogP contribution is 2.35. The van der Waals surface area contributed by atoms with Crippen molar-refractivity contribution < 1.29 is 4.39 Å². The standard InChI is InChI=1S/C26H21FN4/c27-19-4-1-3-18(13-19)20-5-2-6-23-21(20)15-25(29-23)26-22-14-17(7-8-24(22)30-31-26)16-9-11-28-12-10-16/h1-9,13-15,28-29H,10-12H2,(H,30,31). The van der Waals surface area contributed by atoms with Gasteiger partial charge in [-0.1, -0.05) is 36.4 Å². The summed E-state index contributed by atoms with van der Waals surface area (Å²) >= 11 is 0. The molecule has 0 saturated carbocycles. The molecule has 6 rings (SSSR count). The van der Waals surface area contributed by atoms with Crippen molar-refractivity contribution >= 4 is 27.4 Å². The van der Waals surface area contributed by atoms with E-state index in [4.69, 9.17) is 0 Å². The normalized spacial score (nSPS) is 14.3. The van der Waals surface area contributed by atoms with Crippen molar-refractivity contribution in [2.24, 2.45) is 0 Å². The monoisotopic (exact) mass is 408 g/mol. The molecular weight excluding hydrogens is 387 g/mol. The topological polar surface area (TPSA) is 56.5 Å². The Bertz CT molecular complexity index is 1460. The number of aromatic nitrogens is 3. The van der Waals surface area contributed by atoms with Crippen LogP contribution in [0.15, 0.2) is 72.8 Å². The van der Waals surface area contributed by atoms with Crippen molar-refractivity contribution in [2.75, 3.05) is 13.1 Å². The van der Waals surface area contributed by atoms with Crippen LogP contribution in [-0.4, -0.2) is 28.3 Å². The van der Waals surface area contributed by atoms with E-state index in [-0.39, 0.29) is 5.82 Å². The molecule has 1 aliphatic heterocycles. The van der Waals surface area contributed by atoms with E-state index >= 15 is 0 Å². The smallest absolute Gasteiger partial charge is 0.123 e. The van der Waals surface area contributed by atoms with Crippen LogP contribution in [0.2, 0.25) is 0 Å². The van der Waals surface area contributed by atoms with Crippen LogP contribution < -0.4 is 5.32 Å². The maximum absolute atomic E-state index is 13.8. The number of nitrogens with zero attached hydrogens (tertiary/aromatic N) is 1. The fourth-order valence-corrected chi connectivity index (χ4v) is 4.49. The summed E-state index contributed by atoms with van der Waals surface area (Å²) in [4.78, 5) is 3.51. The minimum absolute atomic E-state index is 0.233. The summed E-state index contributed by atoms with van der Waals surface area (Å²) in [7, 11) is 0. The van der Waals surface area contributed by atoms with Gasteiger partial charge in [-0.15, -0.1) is 0 Å². The predicted octanol–water partition coefficient (Wildman–Crippen LogP) is 5.89. The SMILES string of the molecule is Fc1cccc(-c2cccc3[nH]c(-c4n[nH]c5ccc(C6=CCNCC6)cc45)cc23)c1. The van der Waals surface area contributed by atoms with Gasteiger partial charge in [0.25, 0.3) is 0 Å². The number of H-pyrrole nitrogens is 2. The van der Waals surface area contributed by atoms with Crippen molar-refractivity contribution in [3.05, 3.63) is 84.2 Å². The van der Waals surface area contributed by atoms with Crippen LogP contribution in [0.5, 0.6) is 0 Å². The van der Waals surface area contributed by atoms with Crippen molar-refractivity contribution in [3.8, 4) is 22.5 Å². The fourth-order valence-electron chi connectivity index (χ4n) is 4.49. The molecule has 1 aliphatic rings. The van der Waals surface area contributed by atoms with E-state index in [0.717, 1.165) is 63.8 Å². The molecule has 152 valence electrons. The fraction of sp³-hybridized carbons (Fsp3) is 0.115. The highest BCUT2D eigenvalue weighted by atomic mass is 19.1. The summed E-state index contributed by atoms with van der Waals surface area (Å²) in [6.07, 6.45) is 3.29. The first-order chi connectivity index (χ1) is 15.3. The number of hydrogen-bond acceptors (Lipinski definition) is 2. The van der Waals surface area contributed by atoms with Gasteiger partial charge in [0, 0.05) is 22.8 Å². The van der Waals surface area contributed by atoms with Crippen molar-refractivity contribution in [1.29, 1.82) is 0 Å². The first-order valence-electron chi connectivity index (χ1n) is 10.5. The second-order valence-corrected chi connectivity index (χ2v) is 7.98. The van der Waals surface area contributed by atoms with Crippen LogP contribution in [-0.2, 0) is 0 Å². The summed E-state index contributed by atoms with van der Waals surface area (Å²) in [6.45, 7) is 1.92. The molecule has 0 saturated heterocycles. The Morgan fingerprint density at radius 3 is 2.65 bits per heavy atom. The molecule has 5 aromatic rings. The molecule has 0 atom stereocenters. The van der Waals surface area contributed by atoms with Crippen molar-refractivity contribution in [3.63, 3.8) is 0 Å². The van der Waals surface area contributed by atoms with Crippen LogP contribution in [0.1, 0.15) is 12.0 Å². The average Bonchev–Trinajstić information content (AvgIpc) is 3.43. The third kappa shape index (κ3) is 3.14. The minimum Gasteiger partial charge on any atom is -0.353 e. The first-order valence-corrected chi connectivity index (χ1v) is 10.5. The summed E-state index contributed by atoms with van der Waals surface area (Å²) in [5.74, 6) is -0.233. The van der Waals surface area contributed by atoms with Crippen LogP contribution >= 0.6 is 0 Å². The van der Waals surface area contributed by atoms with E-state index in [9.17, 15) is 4.39 Å². The van der Waals surface area contributed by atoms with Gasteiger partial charge in [0.1, 0.15) is 11.5 Å². The Hall–Kier alpha value is -3.70. The molecule has 3 heterocycles.